The van der Waals surface area contributed by atoms with Gasteiger partial charge in [0.05, 0.1) is 6.54 Å². The van der Waals surface area contributed by atoms with Crippen molar-refractivity contribution in [2.75, 3.05) is 4.90 Å². The second-order valence-electron chi connectivity index (χ2n) is 3.63. The van der Waals surface area contributed by atoms with Gasteiger partial charge in [0.25, 0.3) is 0 Å². The Morgan fingerprint density at radius 2 is 1.94 bits per heavy atom. The maximum Gasteiger partial charge on any atom is 0.351 e. The quantitative estimate of drug-likeness (QED) is 0.827. The maximum atomic E-state index is 12.0. The molecular formula is C10H7ClN4O2. The summed E-state index contributed by atoms with van der Waals surface area (Å²) >= 11 is 5.77. The van der Waals surface area contributed by atoms with Crippen LogP contribution in [0.15, 0.2) is 29.1 Å². The lowest BCUT2D eigenvalue weighted by molar-refractivity contribution is 0.250. The van der Waals surface area contributed by atoms with Gasteiger partial charge in [0.2, 0.25) is 0 Å². The molecule has 0 unspecified atom stereocenters. The lowest BCUT2D eigenvalue weighted by atomic mass is 10.3. The molecule has 17 heavy (non-hydrogen) atoms. The van der Waals surface area contributed by atoms with Gasteiger partial charge in [-0.3, -0.25) is 4.90 Å². The highest BCUT2D eigenvalue weighted by Crippen LogP contribution is 2.23. The van der Waals surface area contributed by atoms with Gasteiger partial charge in [-0.1, -0.05) is 11.6 Å². The van der Waals surface area contributed by atoms with E-state index in [1.807, 2.05) is 0 Å². The summed E-state index contributed by atoms with van der Waals surface area (Å²) in [5.41, 5.74) is 0.172. The maximum absolute atomic E-state index is 12.0. The van der Waals surface area contributed by atoms with Gasteiger partial charge < -0.3 is 0 Å². The van der Waals surface area contributed by atoms with Gasteiger partial charge in [-0.05, 0) is 24.3 Å². The van der Waals surface area contributed by atoms with Crippen LogP contribution in [0.3, 0.4) is 0 Å². The van der Waals surface area contributed by atoms with Gasteiger partial charge in [0.15, 0.2) is 5.82 Å². The number of nitrogens with zero attached hydrogens (tertiary/aromatic N) is 3. The number of rotatable bonds is 1. The standard InChI is InChI=1S/C10H7ClN4O2/c11-6-1-3-7(4-2-6)14-5-8-12-13-9(16)15(8)10(14)17/h1-4H,5H2,(H,13,16). The second-order valence-corrected chi connectivity index (χ2v) is 4.06. The van der Waals surface area contributed by atoms with Crippen LogP contribution in [0.5, 0.6) is 0 Å². The molecule has 0 bridgehead atoms. The summed E-state index contributed by atoms with van der Waals surface area (Å²) in [7, 11) is 0. The van der Waals surface area contributed by atoms with Crippen molar-refractivity contribution in [1.29, 1.82) is 0 Å². The van der Waals surface area contributed by atoms with E-state index in [-0.39, 0.29) is 6.54 Å². The van der Waals surface area contributed by atoms with Gasteiger partial charge in [-0.2, -0.15) is 9.67 Å². The third kappa shape index (κ3) is 1.45. The number of benzene rings is 1. The fourth-order valence-corrected chi connectivity index (χ4v) is 1.91. The van der Waals surface area contributed by atoms with E-state index >= 15 is 0 Å². The number of nitrogens with one attached hydrogen (secondary N) is 1. The molecule has 0 aliphatic carbocycles. The van der Waals surface area contributed by atoms with E-state index < -0.39 is 11.7 Å². The summed E-state index contributed by atoms with van der Waals surface area (Å²) in [5, 5.41) is 6.61. The van der Waals surface area contributed by atoms with Gasteiger partial charge in [-0.15, -0.1) is 0 Å². The Balaban J connectivity index is 2.02. The first-order valence-corrected chi connectivity index (χ1v) is 5.28. The lowest BCUT2D eigenvalue weighted by Crippen LogP contribution is -2.31. The molecule has 3 rings (SSSR count). The molecule has 1 aromatic heterocycles. The van der Waals surface area contributed by atoms with Crippen LogP contribution in [0, 0.1) is 0 Å². The van der Waals surface area contributed by atoms with Crippen molar-refractivity contribution in [2.24, 2.45) is 0 Å². The van der Waals surface area contributed by atoms with Crippen molar-refractivity contribution < 1.29 is 4.79 Å². The second kappa shape index (κ2) is 3.46. The molecule has 7 heteroatoms. The molecule has 1 aromatic carbocycles. The Labute approximate surface area is 100 Å². The zero-order valence-electron chi connectivity index (χ0n) is 8.55. The highest BCUT2D eigenvalue weighted by atomic mass is 35.5. The highest BCUT2D eigenvalue weighted by molar-refractivity contribution is 6.30. The predicted octanol–water partition coefficient (Wildman–Crippen LogP) is 1.21. The number of carbonyl (C=O) groups is 1. The number of halogens is 1. The van der Waals surface area contributed by atoms with E-state index in [9.17, 15) is 9.59 Å². The van der Waals surface area contributed by atoms with Gasteiger partial charge in [-0.25, -0.2) is 14.7 Å². The van der Waals surface area contributed by atoms with Crippen LogP contribution in [0.4, 0.5) is 10.5 Å². The predicted molar refractivity (Wildman–Crippen MR) is 61.3 cm³/mol. The summed E-state index contributed by atoms with van der Waals surface area (Å²) in [6, 6.07) is 6.42. The zero-order valence-corrected chi connectivity index (χ0v) is 9.31. The normalized spacial score (nSPS) is 14.2. The number of amides is 1. The summed E-state index contributed by atoms with van der Waals surface area (Å²) in [6.07, 6.45) is 0. The molecule has 6 nitrogen and oxygen atoms in total. The zero-order chi connectivity index (χ0) is 12.0. The van der Waals surface area contributed by atoms with Crippen molar-refractivity contribution in [1.82, 2.24) is 14.8 Å². The molecule has 0 radical (unpaired) electrons. The van der Waals surface area contributed by atoms with Gasteiger partial charge in [0.1, 0.15) is 0 Å². The van der Waals surface area contributed by atoms with Gasteiger partial charge >= 0.3 is 11.7 Å². The molecule has 86 valence electrons. The smallest absolute Gasteiger partial charge is 0.286 e. The minimum Gasteiger partial charge on any atom is -0.286 e. The summed E-state index contributed by atoms with van der Waals surface area (Å²) in [4.78, 5) is 24.8. The van der Waals surface area contributed by atoms with Crippen LogP contribution in [0.25, 0.3) is 0 Å². The van der Waals surface area contributed by atoms with Gasteiger partial charge in [0, 0.05) is 10.7 Å². The molecule has 0 fully saturated rings. The first-order chi connectivity index (χ1) is 8.16. The third-order valence-electron chi connectivity index (χ3n) is 2.60. The third-order valence-corrected chi connectivity index (χ3v) is 2.85. The number of aromatic amines is 1. The first-order valence-electron chi connectivity index (χ1n) is 4.90. The van der Waals surface area contributed by atoms with Crippen molar-refractivity contribution in [3.05, 3.63) is 45.6 Å². The summed E-state index contributed by atoms with van der Waals surface area (Å²) in [6.45, 7) is 0.277. The Kier molecular flexibility index (Phi) is 2.05. The molecule has 0 saturated carbocycles. The lowest BCUT2D eigenvalue weighted by Gasteiger charge is -2.14. The average Bonchev–Trinajstić information content (AvgIpc) is 2.83. The van der Waals surface area contributed by atoms with Crippen LogP contribution in [-0.2, 0) is 6.54 Å². The molecule has 1 aliphatic heterocycles. The van der Waals surface area contributed by atoms with E-state index in [1.54, 1.807) is 24.3 Å². The number of hydrogen-bond acceptors (Lipinski definition) is 3. The Morgan fingerprint density at radius 1 is 1.24 bits per heavy atom. The number of H-pyrrole nitrogens is 1. The fourth-order valence-electron chi connectivity index (χ4n) is 1.79. The first kappa shape index (κ1) is 10.1. The molecule has 0 saturated heterocycles. The summed E-state index contributed by atoms with van der Waals surface area (Å²) < 4.78 is 1.02. The average molecular weight is 251 g/mol. The van der Waals surface area contributed by atoms with E-state index in [4.69, 9.17) is 11.6 Å². The van der Waals surface area contributed by atoms with Crippen LogP contribution < -0.4 is 10.6 Å². The molecule has 2 aromatic rings. The Morgan fingerprint density at radius 3 is 2.59 bits per heavy atom. The van der Waals surface area contributed by atoms with Crippen LogP contribution in [0.2, 0.25) is 5.02 Å². The number of aromatic nitrogens is 3. The molecule has 2 heterocycles. The number of hydrogen-bond donors (Lipinski definition) is 1. The minimum absolute atomic E-state index is 0.277. The van der Waals surface area contributed by atoms with E-state index in [1.165, 1.54) is 4.90 Å². The Hall–Kier alpha value is -2.08. The Bertz CT molecular complexity index is 643. The van der Waals surface area contributed by atoms with E-state index in [0.717, 1.165) is 4.57 Å². The van der Waals surface area contributed by atoms with Crippen LogP contribution in [-0.4, -0.2) is 20.8 Å². The van der Waals surface area contributed by atoms with E-state index in [0.29, 0.717) is 16.5 Å². The highest BCUT2D eigenvalue weighted by Gasteiger charge is 2.31. The molecule has 0 spiro atoms. The van der Waals surface area contributed by atoms with Crippen LogP contribution >= 0.6 is 11.6 Å². The largest absolute Gasteiger partial charge is 0.351 e. The molecule has 1 N–H and O–H groups in total. The molecule has 1 amide bonds. The monoisotopic (exact) mass is 250 g/mol. The molecule has 0 atom stereocenters. The minimum atomic E-state index is -0.513. The molecular weight excluding hydrogens is 244 g/mol. The van der Waals surface area contributed by atoms with Crippen molar-refractivity contribution in [3.8, 4) is 0 Å². The van der Waals surface area contributed by atoms with E-state index in [2.05, 4.69) is 10.2 Å². The fraction of sp³-hybridized carbons (Fsp3) is 0.100. The van der Waals surface area contributed by atoms with Crippen LogP contribution in [0.1, 0.15) is 5.82 Å². The van der Waals surface area contributed by atoms with Crippen molar-refractivity contribution in [2.45, 2.75) is 6.54 Å². The molecule has 1 aliphatic rings. The van der Waals surface area contributed by atoms with Crippen molar-refractivity contribution >= 4 is 23.3 Å². The SMILES string of the molecule is O=C1N(c2ccc(Cl)cc2)Cc2n[nH]c(=O)n21. The number of anilines is 1. The number of carbonyl (C=O) groups excluding carboxylic acids is 1. The summed E-state index contributed by atoms with van der Waals surface area (Å²) in [5.74, 6) is 0.412. The number of fused-ring (bicyclic) bond motifs is 1. The van der Waals surface area contributed by atoms with Crippen molar-refractivity contribution in [3.63, 3.8) is 0 Å². The topological polar surface area (TPSA) is 71.0 Å².